The fraction of sp³-hybridized carbons (Fsp3) is 0.417. The summed E-state index contributed by atoms with van der Waals surface area (Å²) in [6, 6.07) is 3.45. The van der Waals surface area contributed by atoms with Crippen molar-refractivity contribution in [1.82, 2.24) is 0 Å². The molecular formula is C12H16BrNO2. The molecule has 88 valence electrons. The van der Waals surface area contributed by atoms with Crippen molar-refractivity contribution in [2.45, 2.75) is 33.3 Å². The van der Waals surface area contributed by atoms with Crippen molar-refractivity contribution >= 4 is 27.4 Å². The van der Waals surface area contributed by atoms with Crippen molar-refractivity contribution in [3.05, 3.63) is 22.2 Å². The number of Topliss-reactive ketones (excluding diaryl/α,β-unsaturated/α-hetero) is 1. The van der Waals surface area contributed by atoms with E-state index >= 15 is 0 Å². The first-order chi connectivity index (χ1) is 7.20. The minimum absolute atomic E-state index is 0.0627. The Hall–Kier alpha value is -1.03. The smallest absolute Gasteiger partial charge is 0.163 e. The van der Waals surface area contributed by atoms with Crippen LogP contribution in [0.4, 0.5) is 5.69 Å². The second-order valence-corrected chi connectivity index (χ2v) is 5.56. The maximum Gasteiger partial charge on any atom is 0.163 e. The maximum atomic E-state index is 11.5. The van der Waals surface area contributed by atoms with Crippen molar-refractivity contribution in [3.8, 4) is 5.75 Å². The SMILES string of the molecule is CC(=O)c1cc(Br)cc(N)c1OC(C)(C)C. The zero-order chi connectivity index (χ0) is 12.5. The van der Waals surface area contributed by atoms with Crippen molar-refractivity contribution in [3.63, 3.8) is 0 Å². The number of rotatable bonds is 2. The molecule has 0 radical (unpaired) electrons. The molecule has 0 aliphatic heterocycles. The minimum Gasteiger partial charge on any atom is -0.485 e. The molecule has 0 heterocycles. The molecule has 16 heavy (non-hydrogen) atoms. The molecule has 4 heteroatoms. The zero-order valence-corrected chi connectivity index (χ0v) is 11.5. The average molecular weight is 286 g/mol. The molecule has 3 nitrogen and oxygen atoms in total. The first-order valence-electron chi connectivity index (χ1n) is 4.99. The summed E-state index contributed by atoms with van der Waals surface area (Å²) in [5, 5.41) is 0. The van der Waals surface area contributed by atoms with Crippen LogP contribution in [-0.4, -0.2) is 11.4 Å². The van der Waals surface area contributed by atoms with Crippen LogP contribution in [0.3, 0.4) is 0 Å². The molecule has 0 aliphatic carbocycles. The Kier molecular flexibility index (Phi) is 3.63. The van der Waals surface area contributed by atoms with E-state index in [1.807, 2.05) is 20.8 Å². The minimum atomic E-state index is -0.383. The summed E-state index contributed by atoms with van der Waals surface area (Å²) in [6.45, 7) is 7.24. The van der Waals surface area contributed by atoms with Gasteiger partial charge in [0.2, 0.25) is 0 Å². The molecule has 0 unspecified atom stereocenters. The Bertz CT molecular complexity index is 422. The lowest BCUT2D eigenvalue weighted by atomic mass is 10.1. The second kappa shape index (κ2) is 4.45. The van der Waals surface area contributed by atoms with Gasteiger partial charge in [0.05, 0.1) is 11.3 Å². The van der Waals surface area contributed by atoms with Gasteiger partial charge in [-0.15, -0.1) is 0 Å². The Balaban J connectivity index is 3.30. The van der Waals surface area contributed by atoms with Crippen molar-refractivity contribution < 1.29 is 9.53 Å². The Morgan fingerprint density at radius 2 is 1.94 bits per heavy atom. The highest BCUT2D eigenvalue weighted by molar-refractivity contribution is 9.10. The van der Waals surface area contributed by atoms with Gasteiger partial charge in [-0.2, -0.15) is 0 Å². The number of nitrogens with two attached hydrogens (primary N) is 1. The number of carbonyl (C=O) groups is 1. The van der Waals surface area contributed by atoms with Crippen LogP contribution in [0.25, 0.3) is 0 Å². The number of ketones is 1. The fourth-order valence-electron chi connectivity index (χ4n) is 1.30. The molecular weight excluding hydrogens is 270 g/mol. The van der Waals surface area contributed by atoms with E-state index < -0.39 is 0 Å². The Morgan fingerprint density at radius 1 is 1.38 bits per heavy atom. The maximum absolute atomic E-state index is 11.5. The summed E-state index contributed by atoms with van der Waals surface area (Å²) in [5.41, 5.74) is 6.45. The topological polar surface area (TPSA) is 52.3 Å². The molecule has 0 aromatic heterocycles. The third-order valence-corrected chi connectivity index (χ3v) is 2.33. The van der Waals surface area contributed by atoms with E-state index in [1.54, 1.807) is 12.1 Å². The van der Waals surface area contributed by atoms with Crippen molar-refractivity contribution in [2.75, 3.05) is 5.73 Å². The number of hydrogen-bond donors (Lipinski definition) is 1. The highest BCUT2D eigenvalue weighted by atomic mass is 79.9. The van der Waals surface area contributed by atoms with Crippen LogP contribution >= 0.6 is 15.9 Å². The summed E-state index contributed by atoms with van der Waals surface area (Å²) in [6.07, 6.45) is 0. The van der Waals surface area contributed by atoms with E-state index in [4.69, 9.17) is 10.5 Å². The standard InChI is InChI=1S/C12H16BrNO2/c1-7(15)9-5-8(13)6-10(14)11(9)16-12(2,3)4/h5-6H,14H2,1-4H3. The second-order valence-electron chi connectivity index (χ2n) is 4.64. The highest BCUT2D eigenvalue weighted by Gasteiger charge is 2.19. The molecule has 0 fully saturated rings. The lowest BCUT2D eigenvalue weighted by Gasteiger charge is -2.24. The normalized spacial score (nSPS) is 11.3. The Morgan fingerprint density at radius 3 is 2.38 bits per heavy atom. The fourth-order valence-corrected chi connectivity index (χ4v) is 1.77. The number of ether oxygens (including phenoxy) is 1. The third-order valence-electron chi connectivity index (χ3n) is 1.87. The Labute approximate surface area is 104 Å². The van der Waals surface area contributed by atoms with Gasteiger partial charge in [0.15, 0.2) is 11.5 Å². The van der Waals surface area contributed by atoms with Gasteiger partial charge in [0.1, 0.15) is 5.60 Å². The van der Waals surface area contributed by atoms with Gasteiger partial charge in [-0.25, -0.2) is 0 Å². The van der Waals surface area contributed by atoms with Crippen LogP contribution in [0, 0.1) is 0 Å². The van der Waals surface area contributed by atoms with E-state index in [0.717, 1.165) is 4.47 Å². The average Bonchev–Trinajstić information content (AvgIpc) is 2.07. The van der Waals surface area contributed by atoms with E-state index in [-0.39, 0.29) is 11.4 Å². The first kappa shape index (κ1) is 13.0. The lowest BCUT2D eigenvalue weighted by Crippen LogP contribution is -2.24. The predicted octanol–water partition coefficient (Wildman–Crippen LogP) is 3.41. The number of carbonyl (C=O) groups excluding carboxylic acids is 1. The van der Waals surface area contributed by atoms with Crippen LogP contribution in [0.15, 0.2) is 16.6 Å². The third kappa shape index (κ3) is 3.23. The summed E-state index contributed by atoms with van der Waals surface area (Å²) in [4.78, 5) is 11.5. The lowest BCUT2D eigenvalue weighted by molar-refractivity contribution is 0.0991. The number of nitrogen functional groups attached to an aromatic ring is 1. The molecule has 1 rings (SSSR count). The summed E-state index contributed by atoms with van der Waals surface area (Å²) in [5.74, 6) is 0.399. The quantitative estimate of drug-likeness (QED) is 0.669. The molecule has 0 spiro atoms. The molecule has 2 N–H and O–H groups in total. The van der Waals surface area contributed by atoms with Gasteiger partial charge >= 0.3 is 0 Å². The van der Waals surface area contributed by atoms with Crippen LogP contribution < -0.4 is 10.5 Å². The van der Waals surface area contributed by atoms with Gasteiger partial charge in [-0.3, -0.25) is 4.79 Å². The van der Waals surface area contributed by atoms with Gasteiger partial charge < -0.3 is 10.5 Å². The highest BCUT2D eigenvalue weighted by Crippen LogP contribution is 2.33. The van der Waals surface area contributed by atoms with E-state index in [2.05, 4.69) is 15.9 Å². The molecule has 0 atom stereocenters. The van der Waals surface area contributed by atoms with Crippen molar-refractivity contribution in [2.24, 2.45) is 0 Å². The van der Waals surface area contributed by atoms with Crippen LogP contribution in [0.5, 0.6) is 5.75 Å². The summed E-state index contributed by atoms with van der Waals surface area (Å²) in [7, 11) is 0. The van der Waals surface area contributed by atoms with Crippen LogP contribution in [0.1, 0.15) is 38.1 Å². The number of hydrogen-bond acceptors (Lipinski definition) is 3. The molecule has 0 saturated carbocycles. The molecule has 0 bridgehead atoms. The predicted molar refractivity (Wildman–Crippen MR) is 68.9 cm³/mol. The van der Waals surface area contributed by atoms with Crippen LogP contribution in [0.2, 0.25) is 0 Å². The molecule has 0 amide bonds. The summed E-state index contributed by atoms with van der Waals surface area (Å²) >= 11 is 3.31. The molecule has 1 aromatic rings. The van der Waals surface area contributed by atoms with E-state index in [9.17, 15) is 4.79 Å². The number of anilines is 1. The van der Waals surface area contributed by atoms with Gasteiger partial charge in [0, 0.05) is 4.47 Å². The van der Waals surface area contributed by atoms with Gasteiger partial charge in [0.25, 0.3) is 0 Å². The first-order valence-corrected chi connectivity index (χ1v) is 5.79. The van der Waals surface area contributed by atoms with E-state index in [1.165, 1.54) is 6.92 Å². The molecule has 1 aromatic carbocycles. The number of halogens is 1. The summed E-state index contributed by atoms with van der Waals surface area (Å²) < 4.78 is 6.49. The van der Waals surface area contributed by atoms with Gasteiger partial charge in [-0.1, -0.05) is 15.9 Å². The number of benzene rings is 1. The van der Waals surface area contributed by atoms with Crippen LogP contribution in [-0.2, 0) is 0 Å². The van der Waals surface area contributed by atoms with Crippen molar-refractivity contribution in [1.29, 1.82) is 0 Å². The zero-order valence-electron chi connectivity index (χ0n) is 9.93. The molecule has 0 aliphatic rings. The van der Waals surface area contributed by atoms with Gasteiger partial charge in [-0.05, 0) is 39.8 Å². The molecule has 0 saturated heterocycles. The monoisotopic (exact) mass is 285 g/mol. The largest absolute Gasteiger partial charge is 0.485 e. The van der Waals surface area contributed by atoms with E-state index in [0.29, 0.717) is 17.0 Å².